The molecule has 0 aromatic carbocycles. The summed E-state index contributed by atoms with van der Waals surface area (Å²) in [7, 11) is 0. The van der Waals surface area contributed by atoms with Crippen molar-refractivity contribution in [1.29, 1.82) is 0 Å². The third-order valence-corrected chi connectivity index (χ3v) is 4.75. The lowest BCUT2D eigenvalue weighted by atomic mass is 10.1. The largest absolute Gasteiger partial charge is 0.330 e. The molecule has 0 radical (unpaired) electrons. The Hall–Kier alpha value is 0.270. The molecule has 0 amide bonds. The standard InChI is InChI=1S/C11H22N2S/c1-10(2)8-13(5-6-14-10)9-11(7-12)3-4-11/h3-9,12H2,1-2H3. The molecule has 14 heavy (non-hydrogen) atoms. The molecule has 1 aliphatic carbocycles. The summed E-state index contributed by atoms with van der Waals surface area (Å²) in [5.41, 5.74) is 6.33. The zero-order valence-electron chi connectivity index (χ0n) is 9.38. The van der Waals surface area contributed by atoms with E-state index in [2.05, 4.69) is 30.5 Å². The number of nitrogens with two attached hydrogens (primary N) is 1. The first-order valence-corrected chi connectivity index (χ1v) is 6.60. The van der Waals surface area contributed by atoms with Gasteiger partial charge in [-0.2, -0.15) is 11.8 Å². The summed E-state index contributed by atoms with van der Waals surface area (Å²) in [4.78, 5) is 2.62. The first-order chi connectivity index (χ1) is 6.55. The van der Waals surface area contributed by atoms with Gasteiger partial charge in [-0.3, -0.25) is 0 Å². The second-order valence-corrected chi connectivity index (χ2v) is 7.33. The van der Waals surface area contributed by atoms with E-state index in [1.54, 1.807) is 0 Å². The van der Waals surface area contributed by atoms with Gasteiger partial charge in [-0.1, -0.05) is 0 Å². The van der Waals surface area contributed by atoms with Gasteiger partial charge in [0.1, 0.15) is 0 Å². The second-order valence-electron chi connectivity index (χ2n) is 5.52. The number of rotatable bonds is 3. The summed E-state index contributed by atoms with van der Waals surface area (Å²) < 4.78 is 0.447. The lowest BCUT2D eigenvalue weighted by molar-refractivity contribution is 0.213. The van der Waals surface area contributed by atoms with Gasteiger partial charge in [0.2, 0.25) is 0 Å². The molecule has 1 heterocycles. The van der Waals surface area contributed by atoms with E-state index in [1.165, 1.54) is 38.2 Å². The third kappa shape index (κ3) is 2.44. The van der Waals surface area contributed by atoms with Gasteiger partial charge in [-0.05, 0) is 38.6 Å². The van der Waals surface area contributed by atoms with Crippen LogP contribution in [0.15, 0.2) is 0 Å². The summed E-state index contributed by atoms with van der Waals surface area (Å²) in [5.74, 6) is 1.29. The number of hydrogen-bond acceptors (Lipinski definition) is 3. The minimum absolute atomic E-state index is 0.447. The van der Waals surface area contributed by atoms with Crippen molar-refractivity contribution in [2.24, 2.45) is 11.1 Å². The van der Waals surface area contributed by atoms with E-state index >= 15 is 0 Å². The Morgan fingerprint density at radius 2 is 2.07 bits per heavy atom. The summed E-state index contributed by atoms with van der Waals surface area (Å²) >= 11 is 2.11. The normalized spacial score (nSPS) is 30.2. The van der Waals surface area contributed by atoms with Crippen molar-refractivity contribution in [3.05, 3.63) is 0 Å². The van der Waals surface area contributed by atoms with Crippen molar-refractivity contribution < 1.29 is 0 Å². The maximum atomic E-state index is 5.82. The molecule has 0 unspecified atom stereocenters. The molecule has 0 atom stereocenters. The van der Waals surface area contributed by atoms with Crippen LogP contribution >= 0.6 is 11.8 Å². The summed E-state index contributed by atoms with van der Waals surface area (Å²) in [6.45, 7) is 9.33. The average molecular weight is 214 g/mol. The van der Waals surface area contributed by atoms with Crippen LogP contribution in [0.5, 0.6) is 0 Å². The molecule has 2 fully saturated rings. The van der Waals surface area contributed by atoms with Crippen molar-refractivity contribution in [2.45, 2.75) is 31.4 Å². The Morgan fingerprint density at radius 3 is 2.57 bits per heavy atom. The van der Waals surface area contributed by atoms with E-state index in [-0.39, 0.29) is 0 Å². The number of nitrogens with zero attached hydrogens (tertiary/aromatic N) is 1. The fourth-order valence-corrected chi connectivity index (χ4v) is 3.50. The van der Waals surface area contributed by atoms with Gasteiger partial charge < -0.3 is 10.6 Å². The molecular weight excluding hydrogens is 192 g/mol. The average Bonchev–Trinajstić information content (AvgIpc) is 2.84. The van der Waals surface area contributed by atoms with Crippen molar-refractivity contribution in [1.82, 2.24) is 4.90 Å². The van der Waals surface area contributed by atoms with Gasteiger partial charge in [0, 0.05) is 30.1 Å². The zero-order chi connectivity index (χ0) is 10.2. The quantitative estimate of drug-likeness (QED) is 0.773. The predicted octanol–water partition coefficient (Wildman–Crippen LogP) is 1.55. The SMILES string of the molecule is CC1(C)CN(CC2(CN)CC2)CCS1. The zero-order valence-corrected chi connectivity index (χ0v) is 10.2. The second kappa shape index (κ2) is 3.69. The smallest absolute Gasteiger partial charge is 0.0231 e. The fourth-order valence-electron chi connectivity index (χ4n) is 2.33. The molecule has 0 aromatic heterocycles. The first-order valence-electron chi connectivity index (χ1n) is 5.62. The van der Waals surface area contributed by atoms with Crippen molar-refractivity contribution in [3.8, 4) is 0 Å². The predicted molar refractivity (Wildman–Crippen MR) is 63.7 cm³/mol. The van der Waals surface area contributed by atoms with E-state index in [1.807, 2.05) is 0 Å². The Bertz CT molecular complexity index is 211. The molecule has 82 valence electrons. The molecular formula is C11H22N2S. The maximum absolute atomic E-state index is 5.82. The van der Waals surface area contributed by atoms with Gasteiger partial charge in [0.05, 0.1) is 0 Å². The first kappa shape index (κ1) is 10.8. The Morgan fingerprint density at radius 1 is 1.36 bits per heavy atom. The van der Waals surface area contributed by atoms with Crippen molar-refractivity contribution in [3.63, 3.8) is 0 Å². The molecule has 3 heteroatoms. The molecule has 2 aliphatic rings. The van der Waals surface area contributed by atoms with Gasteiger partial charge in [-0.15, -0.1) is 0 Å². The molecule has 1 saturated heterocycles. The van der Waals surface area contributed by atoms with Gasteiger partial charge in [0.25, 0.3) is 0 Å². The minimum Gasteiger partial charge on any atom is -0.330 e. The van der Waals surface area contributed by atoms with Crippen LogP contribution in [0.1, 0.15) is 26.7 Å². The van der Waals surface area contributed by atoms with Crippen molar-refractivity contribution >= 4 is 11.8 Å². The molecule has 1 aliphatic heterocycles. The summed E-state index contributed by atoms with van der Waals surface area (Å²) in [6.07, 6.45) is 2.71. The molecule has 0 aromatic rings. The van der Waals surface area contributed by atoms with Crippen LogP contribution in [0.25, 0.3) is 0 Å². The van der Waals surface area contributed by atoms with Crippen LogP contribution in [-0.2, 0) is 0 Å². The molecule has 0 spiro atoms. The van der Waals surface area contributed by atoms with Crippen LogP contribution < -0.4 is 5.73 Å². The lowest BCUT2D eigenvalue weighted by Gasteiger charge is -2.39. The molecule has 2 rings (SSSR count). The van der Waals surface area contributed by atoms with Crippen LogP contribution in [0.3, 0.4) is 0 Å². The molecule has 2 N–H and O–H groups in total. The van der Waals surface area contributed by atoms with Crippen LogP contribution in [0, 0.1) is 5.41 Å². The monoisotopic (exact) mass is 214 g/mol. The number of thioether (sulfide) groups is 1. The number of hydrogen-bond donors (Lipinski definition) is 1. The third-order valence-electron chi connectivity index (χ3n) is 3.45. The maximum Gasteiger partial charge on any atom is 0.0231 e. The Balaban J connectivity index is 1.86. The van der Waals surface area contributed by atoms with Crippen LogP contribution in [0.4, 0.5) is 0 Å². The highest BCUT2D eigenvalue weighted by Crippen LogP contribution is 2.46. The molecule has 1 saturated carbocycles. The van der Waals surface area contributed by atoms with E-state index in [0.717, 1.165) is 6.54 Å². The van der Waals surface area contributed by atoms with E-state index < -0.39 is 0 Å². The summed E-state index contributed by atoms with van der Waals surface area (Å²) in [6, 6.07) is 0. The molecule has 0 bridgehead atoms. The summed E-state index contributed by atoms with van der Waals surface area (Å²) in [5, 5.41) is 0. The lowest BCUT2D eigenvalue weighted by Crippen LogP contribution is -2.46. The van der Waals surface area contributed by atoms with Crippen molar-refractivity contribution in [2.75, 3.05) is 31.9 Å². The van der Waals surface area contributed by atoms with Gasteiger partial charge in [0.15, 0.2) is 0 Å². The van der Waals surface area contributed by atoms with Crippen LogP contribution in [0.2, 0.25) is 0 Å². The highest BCUT2D eigenvalue weighted by Gasteiger charge is 2.43. The highest BCUT2D eigenvalue weighted by molar-refractivity contribution is 8.00. The Labute approximate surface area is 91.6 Å². The minimum atomic E-state index is 0.447. The van der Waals surface area contributed by atoms with E-state index in [0.29, 0.717) is 10.2 Å². The van der Waals surface area contributed by atoms with Gasteiger partial charge >= 0.3 is 0 Å². The van der Waals surface area contributed by atoms with Crippen LogP contribution in [-0.4, -0.2) is 41.6 Å². The van der Waals surface area contributed by atoms with Gasteiger partial charge in [-0.25, -0.2) is 0 Å². The fraction of sp³-hybridized carbons (Fsp3) is 1.00. The highest BCUT2D eigenvalue weighted by atomic mass is 32.2. The molecule has 2 nitrogen and oxygen atoms in total. The van der Waals surface area contributed by atoms with E-state index in [9.17, 15) is 0 Å². The topological polar surface area (TPSA) is 29.3 Å². The van der Waals surface area contributed by atoms with E-state index in [4.69, 9.17) is 5.73 Å². The Kier molecular flexibility index (Phi) is 2.84.